The Hall–Kier alpha value is -2.82. The number of likely N-dealkylation sites (tertiary alicyclic amines) is 1. The molecule has 1 amide bonds. The van der Waals surface area contributed by atoms with Gasteiger partial charge in [-0.1, -0.05) is 6.07 Å². The maximum absolute atomic E-state index is 13.5. The summed E-state index contributed by atoms with van der Waals surface area (Å²) in [5.41, 5.74) is 3.82. The van der Waals surface area contributed by atoms with E-state index in [0.717, 1.165) is 41.6 Å². The molecule has 2 heterocycles. The number of halogens is 1. The highest BCUT2D eigenvalue weighted by Gasteiger charge is 2.30. The van der Waals surface area contributed by atoms with Gasteiger partial charge in [0.15, 0.2) is 0 Å². The predicted molar refractivity (Wildman–Crippen MR) is 104 cm³/mol. The number of H-pyrrole nitrogens is 1. The lowest BCUT2D eigenvalue weighted by Gasteiger charge is -2.25. The van der Waals surface area contributed by atoms with Crippen molar-refractivity contribution in [1.82, 2.24) is 9.88 Å². The van der Waals surface area contributed by atoms with E-state index in [1.807, 2.05) is 23.1 Å². The first-order valence-electron chi connectivity index (χ1n) is 9.28. The molecular weight excluding hydrogens is 343 g/mol. The van der Waals surface area contributed by atoms with Crippen LogP contribution in [0.1, 0.15) is 34.5 Å². The van der Waals surface area contributed by atoms with Crippen molar-refractivity contribution in [2.75, 3.05) is 13.7 Å². The highest BCUT2D eigenvalue weighted by atomic mass is 19.1. The zero-order chi connectivity index (χ0) is 19.0. The number of amides is 1. The number of hydrogen-bond acceptors (Lipinski definition) is 2. The number of hydrogen-bond donors (Lipinski definition) is 1. The van der Waals surface area contributed by atoms with E-state index in [2.05, 4.69) is 11.9 Å². The summed E-state index contributed by atoms with van der Waals surface area (Å²) >= 11 is 0. The van der Waals surface area contributed by atoms with Crippen molar-refractivity contribution in [1.29, 1.82) is 0 Å². The van der Waals surface area contributed by atoms with Gasteiger partial charge in [0.25, 0.3) is 5.91 Å². The molecule has 4 nitrogen and oxygen atoms in total. The molecule has 1 unspecified atom stereocenters. The van der Waals surface area contributed by atoms with Crippen LogP contribution >= 0.6 is 0 Å². The SMILES string of the molecule is COc1ccc2[nH]c(C)c(CC3CCCN3C(=O)c3cccc(F)c3)c2c1. The van der Waals surface area contributed by atoms with Crippen molar-refractivity contribution >= 4 is 16.8 Å². The Morgan fingerprint density at radius 2 is 2.15 bits per heavy atom. The zero-order valence-corrected chi connectivity index (χ0v) is 15.6. The van der Waals surface area contributed by atoms with Gasteiger partial charge in [-0.3, -0.25) is 4.79 Å². The lowest BCUT2D eigenvalue weighted by Crippen LogP contribution is -2.36. The molecule has 1 aliphatic rings. The molecule has 0 bridgehead atoms. The molecule has 1 aromatic heterocycles. The van der Waals surface area contributed by atoms with Gasteiger partial charge in [0, 0.05) is 34.7 Å². The number of fused-ring (bicyclic) bond motifs is 1. The van der Waals surface area contributed by atoms with Gasteiger partial charge in [-0.05, 0) is 68.1 Å². The van der Waals surface area contributed by atoms with E-state index in [-0.39, 0.29) is 17.8 Å². The quantitative estimate of drug-likeness (QED) is 0.740. The Labute approximate surface area is 157 Å². The molecule has 140 valence electrons. The van der Waals surface area contributed by atoms with Crippen LogP contribution in [-0.2, 0) is 6.42 Å². The minimum atomic E-state index is -0.379. The van der Waals surface area contributed by atoms with Crippen molar-refractivity contribution in [3.8, 4) is 5.75 Å². The van der Waals surface area contributed by atoms with Crippen molar-refractivity contribution in [2.45, 2.75) is 32.2 Å². The number of nitrogens with one attached hydrogen (secondary N) is 1. The van der Waals surface area contributed by atoms with Gasteiger partial charge in [-0.25, -0.2) is 4.39 Å². The van der Waals surface area contributed by atoms with Crippen LogP contribution in [0.5, 0.6) is 5.75 Å². The van der Waals surface area contributed by atoms with E-state index in [4.69, 9.17) is 4.74 Å². The molecule has 0 radical (unpaired) electrons. The number of carbonyl (C=O) groups excluding carboxylic acids is 1. The monoisotopic (exact) mass is 366 g/mol. The number of carbonyl (C=O) groups is 1. The number of nitrogens with zero attached hydrogens (tertiary/aromatic N) is 1. The van der Waals surface area contributed by atoms with E-state index >= 15 is 0 Å². The highest BCUT2D eigenvalue weighted by Crippen LogP contribution is 2.31. The summed E-state index contributed by atoms with van der Waals surface area (Å²) < 4.78 is 18.9. The van der Waals surface area contributed by atoms with Gasteiger partial charge < -0.3 is 14.6 Å². The van der Waals surface area contributed by atoms with Crippen LogP contribution in [0.4, 0.5) is 4.39 Å². The molecule has 2 aromatic carbocycles. The summed E-state index contributed by atoms with van der Waals surface area (Å²) in [7, 11) is 1.66. The molecule has 0 saturated carbocycles. The normalized spacial score (nSPS) is 16.9. The summed E-state index contributed by atoms with van der Waals surface area (Å²) in [4.78, 5) is 18.2. The second kappa shape index (κ2) is 7.06. The fourth-order valence-corrected chi connectivity index (χ4v) is 4.09. The average Bonchev–Trinajstić information content (AvgIpc) is 3.25. The Kier molecular flexibility index (Phi) is 4.60. The summed E-state index contributed by atoms with van der Waals surface area (Å²) in [6.45, 7) is 2.78. The molecule has 1 aliphatic heterocycles. The molecule has 1 N–H and O–H groups in total. The van der Waals surface area contributed by atoms with Crippen LogP contribution in [0.25, 0.3) is 10.9 Å². The van der Waals surface area contributed by atoms with E-state index in [1.54, 1.807) is 19.2 Å². The van der Waals surface area contributed by atoms with Gasteiger partial charge in [-0.15, -0.1) is 0 Å². The summed E-state index contributed by atoms with van der Waals surface area (Å²) in [6, 6.07) is 12.1. The summed E-state index contributed by atoms with van der Waals surface area (Å²) in [6.07, 6.45) is 2.70. The van der Waals surface area contributed by atoms with Crippen LogP contribution in [0, 0.1) is 12.7 Å². The fourth-order valence-electron chi connectivity index (χ4n) is 4.09. The van der Waals surface area contributed by atoms with E-state index in [0.29, 0.717) is 12.1 Å². The molecule has 0 aliphatic carbocycles. The van der Waals surface area contributed by atoms with Crippen LogP contribution in [0.3, 0.4) is 0 Å². The van der Waals surface area contributed by atoms with Gasteiger partial charge in [-0.2, -0.15) is 0 Å². The number of rotatable bonds is 4. The molecule has 27 heavy (non-hydrogen) atoms. The number of aryl methyl sites for hydroxylation is 1. The molecule has 4 rings (SSSR count). The molecule has 3 aromatic rings. The first kappa shape index (κ1) is 17.6. The summed E-state index contributed by atoms with van der Waals surface area (Å²) in [5.74, 6) is 0.352. The Bertz CT molecular complexity index is 995. The van der Waals surface area contributed by atoms with Crippen molar-refractivity contribution in [3.05, 3.63) is 65.1 Å². The Morgan fingerprint density at radius 3 is 2.93 bits per heavy atom. The molecule has 1 atom stereocenters. The first-order valence-corrected chi connectivity index (χ1v) is 9.28. The third-order valence-corrected chi connectivity index (χ3v) is 5.48. The van der Waals surface area contributed by atoms with E-state index < -0.39 is 0 Å². The van der Waals surface area contributed by atoms with Gasteiger partial charge >= 0.3 is 0 Å². The third kappa shape index (κ3) is 3.29. The smallest absolute Gasteiger partial charge is 0.254 e. The first-order chi connectivity index (χ1) is 13.1. The van der Waals surface area contributed by atoms with Crippen LogP contribution in [0.15, 0.2) is 42.5 Å². The lowest BCUT2D eigenvalue weighted by atomic mass is 10.0. The number of aromatic amines is 1. The molecule has 1 fully saturated rings. The number of aromatic nitrogens is 1. The molecular formula is C22H23FN2O2. The van der Waals surface area contributed by atoms with Gasteiger partial charge in [0.1, 0.15) is 11.6 Å². The second-order valence-electron chi connectivity index (χ2n) is 7.15. The van der Waals surface area contributed by atoms with Gasteiger partial charge in [0.05, 0.1) is 7.11 Å². The van der Waals surface area contributed by atoms with Crippen molar-refractivity contribution < 1.29 is 13.9 Å². The fraction of sp³-hybridized carbons (Fsp3) is 0.318. The predicted octanol–water partition coefficient (Wildman–Crippen LogP) is 4.47. The number of methoxy groups -OCH3 is 1. The third-order valence-electron chi connectivity index (χ3n) is 5.48. The largest absolute Gasteiger partial charge is 0.497 e. The minimum absolute atomic E-state index is 0.0907. The zero-order valence-electron chi connectivity index (χ0n) is 15.6. The average molecular weight is 366 g/mol. The van der Waals surface area contributed by atoms with E-state index in [9.17, 15) is 9.18 Å². The standard InChI is InChI=1S/C22H23FN2O2/c1-14-19(20-13-18(27-2)8-9-21(20)24-14)12-17-7-4-10-25(17)22(26)15-5-3-6-16(23)11-15/h3,5-6,8-9,11,13,17,24H,4,7,10,12H2,1-2H3. The van der Waals surface area contributed by atoms with Crippen LogP contribution in [-0.4, -0.2) is 35.5 Å². The maximum atomic E-state index is 13.5. The lowest BCUT2D eigenvalue weighted by molar-refractivity contribution is 0.0736. The van der Waals surface area contributed by atoms with E-state index in [1.165, 1.54) is 17.7 Å². The number of ether oxygens (including phenoxy) is 1. The maximum Gasteiger partial charge on any atom is 0.254 e. The Balaban J connectivity index is 1.63. The molecule has 1 saturated heterocycles. The number of benzene rings is 2. The highest BCUT2D eigenvalue weighted by molar-refractivity contribution is 5.94. The Morgan fingerprint density at radius 1 is 1.30 bits per heavy atom. The topological polar surface area (TPSA) is 45.3 Å². The van der Waals surface area contributed by atoms with Crippen LogP contribution < -0.4 is 4.74 Å². The van der Waals surface area contributed by atoms with Crippen molar-refractivity contribution in [2.24, 2.45) is 0 Å². The van der Waals surface area contributed by atoms with Gasteiger partial charge in [0.2, 0.25) is 0 Å². The van der Waals surface area contributed by atoms with Crippen LogP contribution in [0.2, 0.25) is 0 Å². The molecule has 5 heteroatoms. The van der Waals surface area contributed by atoms with Crippen molar-refractivity contribution in [3.63, 3.8) is 0 Å². The molecule has 0 spiro atoms. The summed E-state index contributed by atoms with van der Waals surface area (Å²) in [5, 5.41) is 1.14. The second-order valence-corrected chi connectivity index (χ2v) is 7.15. The minimum Gasteiger partial charge on any atom is -0.497 e.